The molecule has 1 fully saturated rings. The number of nitrogens with zero attached hydrogens (tertiary/aromatic N) is 3. The number of nitrogens with one attached hydrogen (secondary N) is 2. The second-order valence-electron chi connectivity index (χ2n) is 9.46. The van der Waals surface area contributed by atoms with E-state index in [2.05, 4.69) is 32.7 Å². The number of aromatic nitrogens is 2. The Hall–Kier alpha value is -4.24. The van der Waals surface area contributed by atoms with E-state index < -0.39 is 11.9 Å². The number of pyridine rings is 2. The number of benzene rings is 2. The predicted molar refractivity (Wildman–Crippen MR) is 170 cm³/mol. The molecular formula is C30H28Cl3N7O3. The zero-order valence-electron chi connectivity index (χ0n) is 22.7. The van der Waals surface area contributed by atoms with Crippen molar-refractivity contribution < 1.29 is 14.4 Å². The maximum absolute atomic E-state index is 13.1. The van der Waals surface area contributed by atoms with Crippen LogP contribution in [0.25, 0.3) is 22.2 Å². The van der Waals surface area contributed by atoms with Crippen LogP contribution in [0.1, 0.15) is 51.1 Å². The van der Waals surface area contributed by atoms with Gasteiger partial charge in [0, 0.05) is 46.6 Å². The third-order valence-electron chi connectivity index (χ3n) is 6.93. The van der Waals surface area contributed by atoms with Crippen LogP contribution in [0.15, 0.2) is 67.0 Å². The Labute approximate surface area is 265 Å². The second-order valence-corrected chi connectivity index (χ2v) is 9.87. The number of hydrogen-bond acceptors (Lipinski definition) is 7. The van der Waals surface area contributed by atoms with Crippen LogP contribution in [0.5, 0.6) is 0 Å². The minimum atomic E-state index is -0.603. The third kappa shape index (κ3) is 7.22. The molecule has 1 atom stereocenters. The quantitative estimate of drug-likeness (QED) is 0.114. The lowest BCUT2D eigenvalue weighted by Crippen LogP contribution is -2.53. The van der Waals surface area contributed by atoms with Crippen LogP contribution in [0.3, 0.4) is 0 Å². The minimum absolute atomic E-state index is 0. The number of fused-ring (bicyclic) bond motifs is 1. The van der Waals surface area contributed by atoms with Crippen molar-refractivity contribution in [2.24, 2.45) is 11.7 Å². The van der Waals surface area contributed by atoms with Crippen LogP contribution in [-0.4, -0.2) is 45.2 Å². The Kier molecular flexibility index (Phi) is 11.4. The SMILES string of the molecule is Cl.Cl.NNC(=O)c1cc(-c2ccc(C#Cc3ccc(C(=O)N4CCCCC4C(=O)NN)cc3Cl)cc2)nc2ccncc12. The molecule has 1 aliphatic rings. The molecule has 1 aliphatic heterocycles. The Bertz CT molecular complexity index is 1720. The fourth-order valence-corrected chi connectivity index (χ4v) is 5.03. The summed E-state index contributed by atoms with van der Waals surface area (Å²) in [5.41, 5.74) is 8.38. The molecule has 2 aromatic heterocycles. The number of hydrogen-bond donors (Lipinski definition) is 4. The van der Waals surface area contributed by atoms with Gasteiger partial charge in [0.1, 0.15) is 6.04 Å². The Balaban J connectivity index is 0.00000253. The van der Waals surface area contributed by atoms with Gasteiger partial charge in [-0.05, 0) is 61.7 Å². The van der Waals surface area contributed by atoms with Crippen molar-refractivity contribution >= 4 is 65.0 Å². The first-order chi connectivity index (χ1) is 19.9. The van der Waals surface area contributed by atoms with Gasteiger partial charge in [-0.2, -0.15) is 0 Å². The molecule has 0 bridgehead atoms. The minimum Gasteiger partial charge on any atom is -0.327 e. The zero-order valence-corrected chi connectivity index (χ0v) is 25.1. The van der Waals surface area contributed by atoms with E-state index in [-0.39, 0.29) is 36.6 Å². The molecule has 1 unspecified atom stereocenters. The summed E-state index contributed by atoms with van der Waals surface area (Å²) in [4.78, 5) is 47.9. The van der Waals surface area contributed by atoms with Gasteiger partial charge in [0.25, 0.3) is 17.7 Å². The van der Waals surface area contributed by atoms with E-state index in [1.54, 1.807) is 42.7 Å². The molecule has 0 aliphatic carbocycles. The maximum atomic E-state index is 13.1. The third-order valence-corrected chi connectivity index (χ3v) is 7.25. The Morgan fingerprint density at radius 1 is 0.953 bits per heavy atom. The van der Waals surface area contributed by atoms with Crippen LogP contribution in [-0.2, 0) is 4.79 Å². The van der Waals surface area contributed by atoms with Crippen LogP contribution >= 0.6 is 36.4 Å². The van der Waals surface area contributed by atoms with E-state index in [9.17, 15) is 14.4 Å². The summed E-state index contributed by atoms with van der Waals surface area (Å²) >= 11 is 6.48. The van der Waals surface area contributed by atoms with E-state index in [0.29, 0.717) is 51.3 Å². The Morgan fingerprint density at radius 3 is 2.42 bits per heavy atom. The monoisotopic (exact) mass is 639 g/mol. The number of halogens is 3. The first-order valence-corrected chi connectivity index (χ1v) is 13.3. The van der Waals surface area contributed by atoms with Gasteiger partial charge in [-0.1, -0.05) is 35.6 Å². The van der Waals surface area contributed by atoms with Gasteiger partial charge in [-0.25, -0.2) is 16.7 Å². The van der Waals surface area contributed by atoms with Gasteiger partial charge in [-0.3, -0.25) is 30.2 Å². The molecular weight excluding hydrogens is 613 g/mol. The number of piperidine rings is 1. The van der Waals surface area contributed by atoms with Crippen molar-refractivity contribution in [2.75, 3.05) is 6.54 Å². The number of carbonyl (C=O) groups is 3. The van der Waals surface area contributed by atoms with E-state index in [1.807, 2.05) is 24.3 Å². The van der Waals surface area contributed by atoms with Gasteiger partial charge in [0.05, 0.1) is 21.8 Å². The molecule has 0 spiro atoms. The van der Waals surface area contributed by atoms with Crippen molar-refractivity contribution in [1.82, 2.24) is 25.7 Å². The summed E-state index contributed by atoms with van der Waals surface area (Å²) in [5.74, 6) is 15.7. The molecule has 10 nitrogen and oxygen atoms in total. The number of amides is 3. The number of nitrogen functional groups attached to an aromatic ring is 1. The van der Waals surface area contributed by atoms with Gasteiger partial charge >= 0.3 is 0 Å². The van der Waals surface area contributed by atoms with E-state index >= 15 is 0 Å². The van der Waals surface area contributed by atoms with Crippen molar-refractivity contribution in [1.29, 1.82) is 0 Å². The normalized spacial score (nSPS) is 13.9. The smallest absolute Gasteiger partial charge is 0.265 e. The average molecular weight is 641 g/mol. The van der Waals surface area contributed by atoms with Gasteiger partial charge < -0.3 is 4.90 Å². The molecule has 5 rings (SSSR count). The van der Waals surface area contributed by atoms with E-state index in [4.69, 9.17) is 23.3 Å². The summed E-state index contributed by atoms with van der Waals surface area (Å²) in [6, 6.07) is 15.1. The number of likely N-dealkylation sites (tertiary alicyclic amines) is 1. The van der Waals surface area contributed by atoms with Crippen molar-refractivity contribution in [3.63, 3.8) is 0 Å². The highest BCUT2D eigenvalue weighted by Gasteiger charge is 2.32. The van der Waals surface area contributed by atoms with Crippen molar-refractivity contribution in [2.45, 2.75) is 25.3 Å². The molecule has 3 heterocycles. The first kappa shape index (κ1) is 33.3. The second kappa shape index (κ2) is 14.8. The number of nitrogens with two attached hydrogens (primary N) is 2. The van der Waals surface area contributed by atoms with Crippen LogP contribution in [0.4, 0.5) is 0 Å². The average Bonchev–Trinajstić information content (AvgIpc) is 3.02. The molecule has 4 aromatic rings. The van der Waals surface area contributed by atoms with Crippen LogP contribution in [0, 0.1) is 11.8 Å². The highest BCUT2D eigenvalue weighted by Crippen LogP contribution is 2.26. The summed E-state index contributed by atoms with van der Waals surface area (Å²) in [6.45, 7) is 0.472. The molecule has 2 aromatic carbocycles. The topological polar surface area (TPSA) is 156 Å². The summed E-state index contributed by atoms with van der Waals surface area (Å²) in [5, 5.41) is 0.931. The molecule has 0 radical (unpaired) electrons. The highest BCUT2D eigenvalue weighted by molar-refractivity contribution is 6.32. The van der Waals surface area contributed by atoms with Crippen molar-refractivity contribution in [3.05, 3.63) is 94.3 Å². The molecule has 222 valence electrons. The summed E-state index contributed by atoms with van der Waals surface area (Å²) < 4.78 is 0. The lowest BCUT2D eigenvalue weighted by Gasteiger charge is -2.34. The van der Waals surface area contributed by atoms with Crippen LogP contribution < -0.4 is 22.5 Å². The lowest BCUT2D eigenvalue weighted by molar-refractivity contribution is -0.126. The molecule has 3 amide bonds. The summed E-state index contributed by atoms with van der Waals surface area (Å²) in [7, 11) is 0. The maximum Gasteiger partial charge on any atom is 0.265 e. The summed E-state index contributed by atoms with van der Waals surface area (Å²) in [6.07, 6.45) is 5.41. The fourth-order valence-electron chi connectivity index (χ4n) is 4.80. The first-order valence-electron chi connectivity index (χ1n) is 12.9. The molecule has 0 saturated carbocycles. The molecule has 6 N–H and O–H groups in total. The standard InChI is InChI=1S/C30H26ClN7O3.2ClH/c31-24-15-21(30(41)38-14-2-1-3-27(38)29(40)37-33)11-10-19(24)7-4-18-5-8-20(9-6-18)26-16-22(28(39)36-32)23-17-34-13-12-25(23)35-26;;/h5-6,8-13,15-17,27H,1-3,14,32-33H2,(H,36,39)(H,37,40);2*1H. The fraction of sp³-hybridized carbons (Fsp3) is 0.167. The lowest BCUT2D eigenvalue weighted by atomic mass is 10.00. The van der Waals surface area contributed by atoms with Gasteiger partial charge in [0.2, 0.25) is 0 Å². The number of carbonyl (C=O) groups excluding carboxylic acids is 3. The Morgan fingerprint density at radius 2 is 1.72 bits per heavy atom. The number of hydrazine groups is 2. The van der Waals surface area contributed by atoms with Crippen LogP contribution in [0.2, 0.25) is 5.02 Å². The van der Waals surface area contributed by atoms with E-state index in [0.717, 1.165) is 24.0 Å². The largest absolute Gasteiger partial charge is 0.327 e. The highest BCUT2D eigenvalue weighted by atomic mass is 35.5. The van der Waals surface area contributed by atoms with Crippen molar-refractivity contribution in [3.8, 4) is 23.1 Å². The van der Waals surface area contributed by atoms with Gasteiger partial charge in [-0.15, -0.1) is 24.8 Å². The number of rotatable bonds is 4. The predicted octanol–water partition coefficient (Wildman–Crippen LogP) is 3.78. The molecule has 43 heavy (non-hydrogen) atoms. The molecule has 13 heteroatoms. The zero-order chi connectivity index (χ0) is 28.9. The van der Waals surface area contributed by atoms with E-state index in [1.165, 1.54) is 4.90 Å². The molecule has 1 saturated heterocycles. The van der Waals surface area contributed by atoms with Gasteiger partial charge in [0.15, 0.2) is 0 Å².